The van der Waals surface area contributed by atoms with Crippen LogP contribution < -0.4 is 0 Å². The van der Waals surface area contributed by atoms with Crippen LogP contribution in [0.15, 0.2) is 0 Å². The van der Waals surface area contributed by atoms with Crippen LogP contribution in [-0.4, -0.2) is 34.5 Å². The van der Waals surface area contributed by atoms with E-state index in [0.29, 0.717) is 18.8 Å². The summed E-state index contributed by atoms with van der Waals surface area (Å²) in [5, 5.41) is 9.17. The van der Waals surface area contributed by atoms with Crippen LogP contribution in [0, 0.1) is 11.8 Å². The molecule has 0 aromatic heterocycles. The quantitative estimate of drug-likeness (QED) is 0.705. The SMILES string of the molecule is CC(O)CN1C(=O)CC(C(C)C)CC1=O. The van der Waals surface area contributed by atoms with Gasteiger partial charge in [0.2, 0.25) is 11.8 Å². The zero-order valence-electron chi connectivity index (χ0n) is 9.56. The highest BCUT2D eigenvalue weighted by Crippen LogP contribution is 2.26. The summed E-state index contributed by atoms with van der Waals surface area (Å²) in [6, 6.07) is 0. The Morgan fingerprint density at radius 3 is 2.07 bits per heavy atom. The van der Waals surface area contributed by atoms with Crippen molar-refractivity contribution in [1.82, 2.24) is 4.90 Å². The molecule has 0 aromatic rings. The molecule has 0 bridgehead atoms. The first-order chi connectivity index (χ1) is 6.91. The number of β-amino-alcohol motifs (C(OH)–C–C–N with tert-alkyl or cyclic N) is 1. The van der Waals surface area contributed by atoms with Crippen molar-refractivity contribution < 1.29 is 14.7 Å². The number of imide groups is 1. The van der Waals surface area contributed by atoms with Crippen LogP contribution in [0.4, 0.5) is 0 Å². The molecule has 1 fully saturated rings. The van der Waals surface area contributed by atoms with Gasteiger partial charge in [-0.1, -0.05) is 13.8 Å². The van der Waals surface area contributed by atoms with Crippen LogP contribution in [-0.2, 0) is 9.59 Å². The van der Waals surface area contributed by atoms with E-state index in [1.54, 1.807) is 6.92 Å². The number of nitrogens with zero attached hydrogens (tertiary/aromatic N) is 1. The molecule has 0 spiro atoms. The maximum atomic E-state index is 11.6. The number of aliphatic hydroxyl groups is 1. The van der Waals surface area contributed by atoms with Crippen molar-refractivity contribution >= 4 is 11.8 Å². The molecule has 1 aliphatic rings. The van der Waals surface area contributed by atoms with Crippen LogP contribution in [0.5, 0.6) is 0 Å². The highest BCUT2D eigenvalue weighted by Gasteiger charge is 2.34. The lowest BCUT2D eigenvalue weighted by molar-refractivity contribution is -0.152. The van der Waals surface area contributed by atoms with Crippen molar-refractivity contribution in [2.75, 3.05) is 6.54 Å². The zero-order valence-corrected chi connectivity index (χ0v) is 9.56. The maximum absolute atomic E-state index is 11.6. The molecule has 2 amide bonds. The predicted molar refractivity (Wildman–Crippen MR) is 56.0 cm³/mol. The van der Waals surface area contributed by atoms with Crippen LogP contribution in [0.2, 0.25) is 0 Å². The lowest BCUT2D eigenvalue weighted by Crippen LogP contribution is -2.47. The molecule has 1 heterocycles. The van der Waals surface area contributed by atoms with Gasteiger partial charge in [-0.3, -0.25) is 14.5 Å². The molecule has 1 atom stereocenters. The summed E-state index contributed by atoms with van der Waals surface area (Å²) in [7, 11) is 0. The Kier molecular flexibility index (Phi) is 3.85. The molecule has 4 heteroatoms. The van der Waals surface area contributed by atoms with Gasteiger partial charge >= 0.3 is 0 Å². The number of likely N-dealkylation sites (tertiary alicyclic amines) is 1. The monoisotopic (exact) mass is 213 g/mol. The smallest absolute Gasteiger partial charge is 0.229 e. The number of amides is 2. The molecule has 1 saturated heterocycles. The molecule has 86 valence electrons. The number of rotatable bonds is 3. The Labute approximate surface area is 90.3 Å². The number of carbonyl (C=O) groups is 2. The van der Waals surface area contributed by atoms with E-state index >= 15 is 0 Å². The topological polar surface area (TPSA) is 57.6 Å². The second kappa shape index (κ2) is 4.75. The third-order valence-electron chi connectivity index (χ3n) is 2.87. The summed E-state index contributed by atoms with van der Waals surface area (Å²) >= 11 is 0. The molecule has 0 aromatic carbocycles. The van der Waals surface area contributed by atoms with Gasteiger partial charge in [0.1, 0.15) is 0 Å². The summed E-state index contributed by atoms with van der Waals surface area (Å²) in [4.78, 5) is 24.5. The number of hydrogen-bond acceptors (Lipinski definition) is 3. The molecule has 15 heavy (non-hydrogen) atoms. The third-order valence-corrected chi connectivity index (χ3v) is 2.87. The van der Waals surface area contributed by atoms with E-state index in [2.05, 4.69) is 0 Å². The summed E-state index contributed by atoms with van der Waals surface area (Å²) in [5.41, 5.74) is 0. The summed E-state index contributed by atoms with van der Waals surface area (Å²) < 4.78 is 0. The van der Waals surface area contributed by atoms with E-state index < -0.39 is 6.10 Å². The molecule has 4 nitrogen and oxygen atoms in total. The molecular weight excluding hydrogens is 194 g/mol. The highest BCUT2D eigenvalue weighted by molar-refractivity contribution is 5.97. The molecule has 0 aliphatic carbocycles. The summed E-state index contributed by atoms with van der Waals surface area (Å²) in [6.07, 6.45) is 0.209. The molecule has 0 saturated carbocycles. The summed E-state index contributed by atoms with van der Waals surface area (Å²) in [5.74, 6) is 0.221. The Morgan fingerprint density at radius 2 is 1.73 bits per heavy atom. The van der Waals surface area contributed by atoms with Crippen molar-refractivity contribution in [3.05, 3.63) is 0 Å². The van der Waals surface area contributed by atoms with Gasteiger partial charge < -0.3 is 5.11 Å². The average Bonchev–Trinajstić information content (AvgIpc) is 2.10. The second-order valence-electron chi connectivity index (χ2n) is 4.66. The lowest BCUT2D eigenvalue weighted by atomic mass is 9.86. The predicted octanol–water partition coefficient (Wildman–Crippen LogP) is 0.788. The Hall–Kier alpha value is -0.900. The minimum atomic E-state index is -0.645. The van der Waals surface area contributed by atoms with Gasteiger partial charge in [0.25, 0.3) is 0 Å². The fourth-order valence-electron chi connectivity index (χ4n) is 1.82. The van der Waals surface area contributed by atoms with Crippen LogP contribution in [0.25, 0.3) is 0 Å². The van der Waals surface area contributed by atoms with Gasteiger partial charge in [-0.05, 0) is 18.8 Å². The minimum absolute atomic E-state index is 0.127. The van der Waals surface area contributed by atoms with Gasteiger partial charge in [0.05, 0.1) is 12.6 Å². The van der Waals surface area contributed by atoms with E-state index in [4.69, 9.17) is 5.11 Å². The van der Waals surface area contributed by atoms with Gasteiger partial charge in [-0.2, -0.15) is 0 Å². The van der Waals surface area contributed by atoms with Crippen LogP contribution >= 0.6 is 0 Å². The maximum Gasteiger partial charge on any atom is 0.229 e. The van der Waals surface area contributed by atoms with E-state index in [1.807, 2.05) is 13.8 Å². The van der Waals surface area contributed by atoms with E-state index in [0.717, 1.165) is 0 Å². The first-order valence-electron chi connectivity index (χ1n) is 5.43. The largest absolute Gasteiger partial charge is 0.392 e. The minimum Gasteiger partial charge on any atom is -0.392 e. The fraction of sp³-hybridized carbons (Fsp3) is 0.818. The summed E-state index contributed by atoms with van der Waals surface area (Å²) in [6.45, 7) is 5.75. The van der Waals surface area contributed by atoms with Crippen molar-refractivity contribution in [2.45, 2.75) is 39.7 Å². The van der Waals surface area contributed by atoms with Crippen molar-refractivity contribution in [2.24, 2.45) is 11.8 Å². The second-order valence-corrected chi connectivity index (χ2v) is 4.66. The number of aliphatic hydroxyl groups excluding tert-OH is 1. The Morgan fingerprint density at radius 1 is 1.27 bits per heavy atom. The number of piperidine rings is 1. The molecular formula is C11H19NO3. The van der Waals surface area contributed by atoms with Gasteiger partial charge in [0.15, 0.2) is 0 Å². The van der Waals surface area contributed by atoms with E-state index in [1.165, 1.54) is 4.90 Å². The number of carbonyl (C=O) groups excluding carboxylic acids is 2. The third kappa shape index (κ3) is 3.02. The first-order valence-corrected chi connectivity index (χ1v) is 5.43. The van der Waals surface area contributed by atoms with Crippen LogP contribution in [0.1, 0.15) is 33.6 Å². The fourth-order valence-corrected chi connectivity index (χ4v) is 1.82. The van der Waals surface area contributed by atoms with Gasteiger partial charge in [-0.15, -0.1) is 0 Å². The molecule has 1 rings (SSSR count). The van der Waals surface area contributed by atoms with Crippen LogP contribution in [0.3, 0.4) is 0 Å². The van der Waals surface area contributed by atoms with Crippen molar-refractivity contribution in [1.29, 1.82) is 0 Å². The van der Waals surface area contributed by atoms with E-state index in [9.17, 15) is 9.59 Å². The highest BCUT2D eigenvalue weighted by atomic mass is 16.3. The molecule has 1 unspecified atom stereocenters. The average molecular weight is 213 g/mol. The van der Waals surface area contributed by atoms with Gasteiger partial charge in [0, 0.05) is 12.8 Å². The Bertz CT molecular complexity index is 243. The normalized spacial score (nSPS) is 21.3. The standard InChI is InChI=1S/C11H19NO3/c1-7(2)9-4-10(14)12(6-8(3)13)11(15)5-9/h7-9,13H,4-6H2,1-3H3. The van der Waals surface area contributed by atoms with E-state index in [-0.39, 0.29) is 24.3 Å². The number of hydrogen-bond donors (Lipinski definition) is 1. The van der Waals surface area contributed by atoms with Crippen molar-refractivity contribution in [3.8, 4) is 0 Å². The molecule has 1 N–H and O–H groups in total. The molecule has 0 radical (unpaired) electrons. The first kappa shape index (κ1) is 12.2. The zero-order chi connectivity index (χ0) is 11.6. The van der Waals surface area contributed by atoms with Crippen molar-refractivity contribution in [3.63, 3.8) is 0 Å². The van der Waals surface area contributed by atoms with Gasteiger partial charge in [-0.25, -0.2) is 0 Å². The Balaban J connectivity index is 2.65. The lowest BCUT2D eigenvalue weighted by Gasteiger charge is -2.32. The molecule has 1 aliphatic heterocycles.